The topological polar surface area (TPSA) is 39.2 Å². The van der Waals surface area contributed by atoms with E-state index in [0.29, 0.717) is 6.20 Å². The summed E-state index contributed by atoms with van der Waals surface area (Å²) < 4.78 is 54.1. The first kappa shape index (κ1) is 11.4. The fraction of sp³-hybridized carbons (Fsp3) is 0.250. The van der Waals surface area contributed by atoms with E-state index in [4.69, 9.17) is 0 Å². The number of nitrogens with zero attached hydrogens (tertiary/aromatic N) is 1. The average Bonchev–Trinajstić information content (AvgIpc) is 2.20. The lowest BCUT2D eigenvalue weighted by molar-refractivity contribution is 0.0592. The zero-order valence-corrected chi connectivity index (χ0v) is 7.43. The zero-order valence-electron chi connectivity index (χ0n) is 7.43. The number of hydrogen-bond donors (Lipinski definition) is 0. The molecule has 0 fully saturated rings. The second kappa shape index (κ2) is 4.24. The van der Waals surface area contributed by atoms with Crippen molar-refractivity contribution in [2.45, 2.75) is 6.43 Å². The summed E-state index contributed by atoms with van der Waals surface area (Å²) in [5.41, 5.74) is -2.15. The van der Waals surface area contributed by atoms with Crippen LogP contribution in [0.25, 0.3) is 0 Å². The minimum absolute atomic E-state index is 0.506. The Bertz CT molecular complexity index is 394. The highest BCUT2D eigenvalue weighted by Crippen LogP contribution is 2.23. The Morgan fingerprint density at radius 2 is 2.00 bits per heavy atom. The first-order chi connectivity index (χ1) is 6.99. The first-order valence-electron chi connectivity index (χ1n) is 3.69. The summed E-state index contributed by atoms with van der Waals surface area (Å²) in [4.78, 5) is 13.8. The second-order valence-corrected chi connectivity index (χ2v) is 2.48. The molecule has 1 aromatic rings. The lowest BCUT2D eigenvalue weighted by Crippen LogP contribution is -2.10. The Morgan fingerprint density at radius 1 is 1.40 bits per heavy atom. The highest BCUT2D eigenvalue weighted by Gasteiger charge is 2.24. The van der Waals surface area contributed by atoms with Gasteiger partial charge in [0.2, 0.25) is 0 Å². The maximum Gasteiger partial charge on any atom is 0.342 e. The minimum atomic E-state index is -3.24. The zero-order chi connectivity index (χ0) is 11.6. The van der Waals surface area contributed by atoms with Crippen LogP contribution >= 0.6 is 0 Å². The van der Waals surface area contributed by atoms with E-state index in [1.54, 1.807) is 0 Å². The molecule has 0 spiro atoms. The number of halogens is 4. The van der Waals surface area contributed by atoms with E-state index in [0.717, 1.165) is 7.11 Å². The molecule has 0 bridgehead atoms. The van der Waals surface area contributed by atoms with E-state index in [1.807, 2.05) is 0 Å². The van der Waals surface area contributed by atoms with Gasteiger partial charge in [-0.15, -0.1) is 0 Å². The van der Waals surface area contributed by atoms with Crippen molar-refractivity contribution in [1.82, 2.24) is 4.98 Å². The van der Waals surface area contributed by atoms with Gasteiger partial charge in [-0.3, -0.25) is 4.98 Å². The molecule has 0 N–H and O–H groups in total. The van der Waals surface area contributed by atoms with Crippen LogP contribution in [0.3, 0.4) is 0 Å². The van der Waals surface area contributed by atoms with Gasteiger partial charge < -0.3 is 4.74 Å². The summed E-state index contributed by atoms with van der Waals surface area (Å²) in [7, 11) is 0.945. The molecule has 82 valence electrons. The van der Waals surface area contributed by atoms with E-state index < -0.39 is 35.3 Å². The third-order valence-corrected chi connectivity index (χ3v) is 1.60. The van der Waals surface area contributed by atoms with Crippen LogP contribution < -0.4 is 0 Å². The Kier molecular flexibility index (Phi) is 3.23. The summed E-state index contributed by atoms with van der Waals surface area (Å²) >= 11 is 0. The van der Waals surface area contributed by atoms with E-state index >= 15 is 0 Å². The van der Waals surface area contributed by atoms with Crippen LogP contribution in [-0.2, 0) is 4.74 Å². The summed E-state index contributed by atoms with van der Waals surface area (Å²) in [5.74, 6) is -4.71. The molecule has 0 saturated heterocycles. The number of aromatic nitrogens is 1. The minimum Gasteiger partial charge on any atom is -0.465 e. The van der Waals surface area contributed by atoms with Crippen LogP contribution in [0, 0.1) is 11.6 Å². The largest absolute Gasteiger partial charge is 0.465 e. The molecule has 1 aromatic heterocycles. The van der Waals surface area contributed by atoms with E-state index in [-0.39, 0.29) is 0 Å². The Labute approximate surface area is 81.7 Å². The van der Waals surface area contributed by atoms with Crippen molar-refractivity contribution in [3.05, 3.63) is 29.1 Å². The summed E-state index contributed by atoms with van der Waals surface area (Å²) in [6, 6.07) is 0. The number of pyridine rings is 1. The number of carbonyl (C=O) groups excluding carboxylic acids is 1. The smallest absolute Gasteiger partial charge is 0.342 e. The molecule has 0 saturated carbocycles. The van der Waals surface area contributed by atoms with Crippen LogP contribution in [0.15, 0.2) is 6.20 Å². The number of methoxy groups -OCH3 is 1. The molecule has 1 rings (SSSR count). The molecule has 0 aliphatic rings. The normalized spacial score (nSPS) is 10.5. The van der Waals surface area contributed by atoms with Crippen molar-refractivity contribution in [3.8, 4) is 0 Å². The number of hydrogen-bond acceptors (Lipinski definition) is 3. The van der Waals surface area contributed by atoms with Gasteiger partial charge in [0.1, 0.15) is 11.3 Å². The van der Waals surface area contributed by atoms with Gasteiger partial charge in [-0.1, -0.05) is 0 Å². The third kappa shape index (κ3) is 2.05. The fourth-order valence-corrected chi connectivity index (χ4v) is 0.883. The Hall–Kier alpha value is -1.66. The Balaban J connectivity index is 3.27. The quantitative estimate of drug-likeness (QED) is 0.569. The molecule has 3 nitrogen and oxygen atoms in total. The average molecular weight is 223 g/mol. The highest BCUT2D eigenvalue weighted by atomic mass is 19.3. The lowest BCUT2D eigenvalue weighted by Gasteiger charge is -2.05. The molecule has 0 amide bonds. The number of esters is 1. The molecule has 7 heteroatoms. The number of carbonyl (C=O) groups is 1. The van der Waals surface area contributed by atoms with Crippen molar-refractivity contribution < 1.29 is 27.1 Å². The standard InChI is InChI=1S/C8H5F4NO2/c1-15-8(14)3-2-13-6(7(11)12)5(10)4(3)9/h2,7H,1H3. The molecule has 0 aliphatic heterocycles. The van der Waals surface area contributed by atoms with Crippen molar-refractivity contribution in [3.63, 3.8) is 0 Å². The summed E-state index contributed by atoms with van der Waals surface area (Å²) in [6.07, 6.45) is -2.74. The van der Waals surface area contributed by atoms with Crippen molar-refractivity contribution >= 4 is 5.97 Å². The molecular weight excluding hydrogens is 218 g/mol. The maximum atomic E-state index is 13.0. The van der Waals surface area contributed by atoms with Gasteiger partial charge in [-0.25, -0.2) is 22.4 Å². The van der Waals surface area contributed by atoms with Gasteiger partial charge in [-0.2, -0.15) is 0 Å². The van der Waals surface area contributed by atoms with E-state index in [2.05, 4.69) is 9.72 Å². The van der Waals surface area contributed by atoms with Gasteiger partial charge in [0, 0.05) is 6.20 Å². The monoisotopic (exact) mass is 223 g/mol. The molecular formula is C8H5F4NO2. The van der Waals surface area contributed by atoms with Gasteiger partial charge in [0.15, 0.2) is 11.6 Å². The van der Waals surface area contributed by atoms with Crippen LogP contribution in [0.4, 0.5) is 17.6 Å². The van der Waals surface area contributed by atoms with E-state index in [9.17, 15) is 22.4 Å². The number of rotatable bonds is 2. The Morgan fingerprint density at radius 3 is 2.47 bits per heavy atom. The molecule has 15 heavy (non-hydrogen) atoms. The molecule has 0 aromatic carbocycles. The lowest BCUT2D eigenvalue weighted by atomic mass is 10.2. The predicted molar refractivity (Wildman–Crippen MR) is 40.4 cm³/mol. The predicted octanol–water partition coefficient (Wildman–Crippen LogP) is 2.08. The fourth-order valence-electron chi connectivity index (χ4n) is 0.883. The van der Waals surface area contributed by atoms with Gasteiger partial charge >= 0.3 is 5.97 Å². The van der Waals surface area contributed by atoms with Crippen LogP contribution in [0.1, 0.15) is 22.5 Å². The van der Waals surface area contributed by atoms with E-state index in [1.165, 1.54) is 0 Å². The van der Waals surface area contributed by atoms with Gasteiger partial charge in [-0.05, 0) is 0 Å². The summed E-state index contributed by atoms with van der Waals surface area (Å²) in [6.45, 7) is 0. The molecule has 0 radical (unpaired) electrons. The highest BCUT2D eigenvalue weighted by molar-refractivity contribution is 5.89. The molecule has 0 aliphatic carbocycles. The van der Waals surface area contributed by atoms with Crippen molar-refractivity contribution in [1.29, 1.82) is 0 Å². The van der Waals surface area contributed by atoms with Crippen LogP contribution in [0.2, 0.25) is 0 Å². The van der Waals surface area contributed by atoms with Gasteiger partial charge in [0.25, 0.3) is 6.43 Å². The van der Waals surface area contributed by atoms with Gasteiger partial charge in [0.05, 0.1) is 7.11 Å². The van der Waals surface area contributed by atoms with Crippen molar-refractivity contribution in [2.24, 2.45) is 0 Å². The number of ether oxygens (including phenoxy) is 1. The third-order valence-electron chi connectivity index (χ3n) is 1.60. The molecule has 0 atom stereocenters. The second-order valence-electron chi connectivity index (χ2n) is 2.48. The number of alkyl halides is 2. The summed E-state index contributed by atoms with van der Waals surface area (Å²) in [5, 5.41) is 0. The first-order valence-corrected chi connectivity index (χ1v) is 3.69. The van der Waals surface area contributed by atoms with Crippen molar-refractivity contribution in [2.75, 3.05) is 7.11 Å². The molecule has 1 heterocycles. The maximum absolute atomic E-state index is 13.0. The SMILES string of the molecule is COC(=O)c1cnc(C(F)F)c(F)c1F. The molecule has 0 unspecified atom stereocenters. The van der Waals surface area contributed by atoms with Crippen LogP contribution in [-0.4, -0.2) is 18.1 Å². The van der Waals surface area contributed by atoms with Crippen LogP contribution in [0.5, 0.6) is 0 Å².